The van der Waals surface area contributed by atoms with E-state index in [1.54, 1.807) is 11.9 Å². The largest absolute Gasteiger partial charge is 0.454 e. The zero-order chi connectivity index (χ0) is 18.1. The lowest BCUT2D eigenvalue weighted by molar-refractivity contribution is 0.174. The second kappa shape index (κ2) is 6.89. The van der Waals surface area contributed by atoms with Crippen LogP contribution in [0.15, 0.2) is 89.8 Å². The molecule has 0 atom stereocenters. The van der Waals surface area contributed by atoms with E-state index >= 15 is 0 Å². The van der Waals surface area contributed by atoms with Crippen molar-refractivity contribution in [2.75, 3.05) is 11.5 Å². The summed E-state index contributed by atoms with van der Waals surface area (Å²) in [5.74, 6) is 1.61. The molecule has 0 saturated heterocycles. The van der Waals surface area contributed by atoms with Crippen LogP contribution in [0.3, 0.4) is 0 Å². The predicted octanol–water partition coefficient (Wildman–Crippen LogP) is 6.35. The van der Waals surface area contributed by atoms with Gasteiger partial charge in [-0.2, -0.15) is 0 Å². The Kier molecular flexibility index (Phi) is 4.11. The molecule has 0 fully saturated rings. The van der Waals surface area contributed by atoms with E-state index in [2.05, 4.69) is 65.4 Å². The molecule has 1 heterocycles. The third kappa shape index (κ3) is 3.09. The van der Waals surface area contributed by atoms with E-state index in [1.807, 2.05) is 24.3 Å². The Balaban J connectivity index is 1.54. The summed E-state index contributed by atoms with van der Waals surface area (Å²) < 4.78 is 14.5. The second-order valence-electron chi connectivity index (χ2n) is 6.29. The molecule has 0 bridgehead atoms. The highest BCUT2D eigenvalue weighted by Gasteiger charge is 2.15. The molecular weight excluding hydrogens is 354 g/mol. The Labute approximate surface area is 162 Å². The maximum absolute atomic E-state index is 5.55. The number of ether oxygens (including phenoxy) is 2. The van der Waals surface area contributed by atoms with Crippen molar-refractivity contribution in [2.24, 2.45) is 0 Å². The van der Waals surface area contributed by atoms with Crippen molar-refractivity contribution in [3.63, 3.8) is 0 Å². The van der Waals surface area contributed by atoms with Crippen LogP contribution in [0, 0.1) is 0 Å². The van der Waals surface area contributed by atoms with Crippen LogP contribution >= 0.6 is 11.9 Å². The van der Waals surface area contributed by atoms with Gasteiger partial charge in [-0.05, 0) is 58.8 Å². The molecule has 4 aromatic carbocycles. The molecule has 4 heteroatoms. The summed E-state index contributed by atoms with van der Waals surface area (Å²) >= 11 is 1.62. The highest BCUT2D eigenvalue weighted by molar-refractivity contribution is 8.00. The minimum Gasteiger partial charge on any atom is -0.454 e. The predicted molar refractivity (Wildman–Crippen MR) is 111 cm³/mol. The van der Waals surface area contributed by atoms with Crippen molar-refractivity contribution >= 4 is 28.4 Å². The summed E-state index contributed by atoms with van der Waals surface area (Å²) in [6.45, 7) is 0.291. The fraction of sp³-hybridized carbons (Fsp3) is 0.0435. The maximum atomic E-state index is 5.55. The first-order chi connectivity index (χ1) is 13.4. The third-order valence-electron chi connectivity index (χ3n) is 4.63. The third-order valence-corrected chi connectivity index (χ3v) is 5.46. The van der Waals surface area contributed by atoms with Crippen LogP contribution in [0.2, 0.25) is 0 Å². The van der Waals surface area contributed by atoms with E-state index in [0.29, 0.717) is 6.79 Å². The van der Waals surface area contributed by atoms with Gasteiger partial charge >= 0.3 is 0 Å². The van der Waals surface area contributed by atoms with Gasteiger partial charge in [-0.3, -0.25) is 0 Å². The molecule has 0 aliphatic carbocycles. The van der Waals surface area contributed by atoms with Gasteiger partial charge < -0.3 is 14.2 Å². The van der Waals surface area contributed by atoms with E-state index in [9.17, 15) is 0 Å². The topological polar surface area (TPSA) is 30.5 Å². The molecule has 1 aliphatic heterocycles. The van der Waals surface area contributed by atoms with Crippen molar-refractivity contribution in [3.05, 3.63) is 84.9 Å². The molecule has 0 spiro atoms. The first-order valence-electron chi connectivity index (χ1n) is 8.78. The van der Waals surface area contributed by atoms with Gasteiger partial charge in [-0.15, -0.1) is 0 Å². The first kappa shape index (κ1) is 16.1. The van der Waals surface area contributed by atoms with Crippen molar-refractivity contribution in [2.45, 2.75) is 4.90 Å². The number of hydrogen-bond donors (Lipinski definition) is 1. The number of benzene rings is 4. The van der Waals surface area contributed by atoms with Gasteiger partial charge in [0.25, 0.3) is 0 Å². The molecule has 1 aliphatic rings. The SMILES string of the molecule is c1ccc(SNc2ccc(-c3ccc4c(c3)OCO4)c3ccccc23)cc1. The number of nitrogens with one attached hydrogen (secondary N) is 1. The molecule has 0 unspecified atom stereocenters. The zero-order valence-electron chi connectivity index (χ0n) is 14.5. The van der Waals surface area contributed by atoms with Gasteiger partial charge in [-0.1, -0.05) is 54.6 Å². The van der Waals surface area contributed by atoms with Gasteiger partial charge in [0.15, 0.2) is 11.5 Å². The standard InChI is InChI=1S/C23H17NO2S/c1-2-6-17(7-3-1)27-24-21-12-11-18(19-8-4-5-9-20(19)21)16-10-13-22-23(14-16)26-15-25-22/h1-14,24H,15H2. The minimum atomic E-state index is 0.291. The zero-order valence-corrected chi connectivity index (χ0v) is 15.3. The van der Waals surface area contributed by atoms with E-state index in [-0.39, 0.29) is 0 Å². The summed E-state index contributed by atoms with van der Waals surface area (Å²) in [5.41, 5.74) is 3.40. The Morgan fingerprint density at radius 1 is 0.704 bits per heavy atom. The van der Waals surface area contributed by atoms with Gasteiger partial charge in [0.2, 0.25) is 6.79 Å². The van der Waals surface area contributed by atoms with Crippen LogP contribution in [0.1, 0.15) is 0 Å². The maximum Gasteiger partial charge on any atom is 0.231 e. The van der Waals surface area contributed by atoms with Crippen molar-refractivity contribution in [1.82, 2.24) is 0 Å². The summed E-state index contributed by atoms with van der Waals surface area (Å²) in [5, 5.41) is 2.39. The molecule has 0 amide bonds. The molecule has 5 rings (SSSR count). The average Bonchev–Trinajstić information content (AvgIpc) is 3.20. The number of hydrogen-bond acceptors (Lipinski definition) is 4. The number of anilines is 1. The summed E-state index contributed by atoms with van der Waals surface area (Å²) in [4.78, 5) is 1.18. The fourth-order valence-corrected chi connectivity index (χ4v) is 4.01. The van der Waals surface area contributed by atoms with Crippen LogP contribution < -0.4 is 14.2 Å². The fourth-order valence-electron chi connectivity index (χ4n) is 3.31. The van der Waals surface area contributed by atoms with E-state index < -0.39 is 0 Å². The lowest BCUT2D eigenvalue weighted by atomic mass is 9.97. The molecule has 3 nitrogen and oxygen atoms in total. The molecular formula is C23H17NO2S. The normalized spacial score (nSPS) is 12.3. The highest BCUT2D eigenvalue weighted by Crippen LogP contribution is 2.40. The quantitative estimate of drug-likeness (QED) is 0.423. The highest BCUT2D eigenvalue weighted by atomic mass is 32.2. The van der Waals surface area contributed by atoms with Gasteiger partial charge in [0, 0.05) is 10.3 Å². The van der Waals surface area contributed by atoms with Crippen molar-refractivity contribution in [3.8, 4) is 22.6 Å². The van der Waals surface area contributed by atoms with E-state index in [0.717, 1.165) is 22.7 Å². The van der Waals surface area contributed by atoms with E-state index in [4.69, 9.17) is 9.47 Å². The summed E-state index contributed by atoms with van der Waals surface area (Å²) in [6.07, 6.45) is 0. The smallest absolute Gasteiger partial charge is 0.231 e. The van der Waals surface area contributed by atoms with Crippen molar-refractivity contribution in [1.29, 1.82) is 0 Å². The second-order valence-corrected chi connectivity index (χ2v) is 7.17. The van der Waals surface area contributed by atoms with Crippen LogP contribution in [0.4, 0.5) is 5.69 Å². The Bertz CT molecular complexity index is 1110. The van der Waals surface area contributed by atoms with Crippen molar-refractivity contribution < 1.29 is 9.47 Å². The lowest BCUT2D eigenvalue weighted by Crippen LogP contribution is -1.92. The average molecular weight is 371 g/mol. The van der Waals surface area contributed by atoms with Gasteiger partial charge in [0.1, 0.15) is 0 Å². The van der Waals surface area contributed by atoms with Crippen LogP contribution in [0.25, 0.3) is 21.9 Å². The molecule has 4 aromatic rings. The van der Waals surface area contributed by atoms with Crippen LogP contribution in [0.5, 0.6) is 11.5 Å². The lowest BCUT2D eigenvalue weighted by Gasteiger charge is -2.13. The Morgan fingerprint density at radius 2 is 1.48 bits per heavy atom. The monoisotopic (exact) mass is 371 g/mol. The number of fused-ring (bicyclic) bond motifs is 2. The molecule has 0 radical (unpaired) electrons. The summed E-state index contributed by atoms with van der Waals surface area (Å²) in [6, 6.07) is 29.2. The van der Waals surface area contributed by atoms with Gasteiger partial charge in [0.05, 0.1) is 5.69 Å². The van der Waals surface area contributed by atoms with Crippen LogP contribution in [-0.2, 0) is 0 Å². The van der Waals surface area contributed by atoms with Crippen LogP contribution in [-0.4, -0.2) is 6.79 Å². The molecule has 27 heavy (non-hydrogen) atoms. The Hall–Kier alpha value is -3.11. The minimum absolute atomic E-state index is 0.291. The van der Waals surface area contributed by atoms with Gasteiger partial charge in [-0.25, -0.2) is 0 Å². The van der Waals surface area contributed by atoms with E-state index in [1.165, 1.54) is 21.2 Å². The number of rotatable bonds is 4. The molecule has 132 valence electrons. The first-order valence-corrected chi connectivity index (χ1v) is 9.60. The molecule has 0 aromatic heterocycles. The molecule has 0 saturated carbocycles. The molecule has 1 N–H and O–H groups in total. The summed E-state index contributed by atoms with van der Waals surface area (Å²) in [7, 11) is 0. The Morgan fingerprint density at radius 3 is 2.37 bits per heavy atom.